The van der Waals surface area contributed by atoms with E-state index in [9.17, 15) is 26.4 Å². The number of carbonyl (C=O) groups excluding carboxylic acids is 1. The minimum atomic E-state index is -4.46. The first-order valence-electron chi connectivity index (χ1n) is 9.69. The molecule has 0 unspecified atom stereocenters. The zero-order valence-electron chi connectivity index (χ0n) is 16.6. The Morgan fingerprint density at radius 1 is 1.03 bits per heavy atom. The number of aromatic nitrogens is 3. The molecule has 0 spiro atoms. The van der Waals surface area contributed by atoms with E-state index in [4.69, 9.17) is 0 Å². The van der Waals surface area contributed by atoms with Crippen LogP contribution in [0.1, 0.15) is 24.2 Å². The van der Waals surface area contributed by atoms with Crippen LogP contribution in [0, 0.1) is 0 Å². The third-order valence-corrected chi connectivity index (χ3v) is 6.69. The van der Waals surface area contributed by atoms with Crippen LogP contribution in [0.2, 0.25) is 0 Å². The van der Waals surface area contributed by atoms with Crippen molar-refractivity contribution in [1.29, 1.82) is 0 Å². The number of anilines is 1. The van der Waals surface area contributed by atoms with Crippen molar-refractivity contribution in [1.82, 2.24) is 19.3 Å². The van der Waals surface area contributed by atoms with Gasteiger partial charge in [-0.15, -0.1) is 0 Å². The summed E-state index contributed by atoms with van der Waals surface area (Å²) in [4.78, 5) is 25.8. The molecule has 0 aliphatic carbocycles. The highest BCUT2D eigenvalue weighted by Gasteiger charge is 2.32. The zero-order valence-corrected chi connectivity index (χ0v) is 17.4. The van der Waals surface area contributed by atoms with E-state index in [0.29, 0.717) is 24.5 Å². The van der Waals surface area contributed by atoms with E-state index in [1.54, 1.807) is 23.4 Å². The molecule has 3 heterocycles. The van der Waals surface area contributed by atoms with Crippen molar-refractivity contribution in [2.24, 2.45) is 0 Å². The maximum Gasteiger partial charge on any atom is 0.417 e. The smallest absolute Gasteiger partial charge is 0.354 e. The van der Waals surface area contributed by atoms with E-state index in [-0.39, 0.29) is 38.4 Å². The molecule has 8 nitrogen and oxygen atoms in total. The number of piperazine rings is 1. The number of pyridine rings is 1. The molecule has 0 N–H and O–H groups in total. The molecule has 168 valence electrons. The normalized spacial score (nSPS) is 15.8. The molecule has 1 aliphatic heterocycles. The average Bonchev–Trinajstić information content (AvgIpc) is 2.74. The van der Waals surface area contributed by atoms with E-state index in [2.05, 4.69) is 15.0 Å². The largest absolute Gasteiger partial charge is 0.417 e. The number of sulfonamides is 1. The second-order valence-corrected chi connectivity index (χ2v) is 9.07. The molecule has 0 amide bonds. The molecule has 0 radical (unpaired) electrons. The highest BCUT2D eigenvalue weighted by molar-refractivity contribution is 7.89. The lowest BCUT2D eigenvalue weighted by Gasteiger charge is -2.34. The van der Waals surface area contributed by atoms with Crippen LogP contribution < -0.4 is 4.90 Å². The first kappa shape index (κ1) is 23.1. The van der Waals surface area contributed by atoms with Crippen molar-refractivity contribution in [2.45, 2.75) is 25.4 Å². The summed E-state index contributed by atoms with van der Waals surface area (Å²) in [5, 5.41) is 0. The summed E-state index contributed by atoms with van der Waals surface area (Å²) in [6, 6.07) is 3.91. The van der Waals surface area contributed by atoms with Crippen molar-refractivity contribution >= 4 is 21.6 Å². The number of aryl methyl sites for hydroxylation is 1. The van der Waals surface area contributed by atoms with Gasteiger partial charge in [-0.1, -0.05) is 0 Å². The van der Waals surface area contributed by atoms with Crippen LogP contribution in [-0.4, -0.2) is 65.4 Å². The van der Waals surface area contributed by atoms with Crippen LogP contribution in [0.25, 0.3) is 0 Å². The minimum absolute atomic E-state index is 0.118. The van der Waals surface area contributed by atoms with Crippen LogP contribution in [0.3, 0.4) is 0 Å². The Labute approximate surface area is 178 Å². The zero-order chi connectivity index (χ0) is 22.5. The fourth-order valence-corrected chi connectivity index (χ4v) is 4.66. The molecule has 0 atom stereocenters. The first-order chi connectivity index (χ1) is 14.6. The highest BCUT2D eigenvalue weighted by Crippen LogP contribution is 2.29. The minimum Gasteiger partial charge on any atom is -0.354 e. The Morgan fingerprint density at radius 2 is 1.71 bits per heavy atom. The van der Waals surface area contributed by atoms with Gasteiger partial charge < -0.3 is 4.90 Å². The van der Waals surface area contributed by atoms with Crippen LogP contribution in [0.4, 0.5) is 19.0 Å². The summed E-state index contributed by atoms with van der Waals surface area (Å²) in [6.07, 6.45) is 0.587. The van der Waals surface area contributed by atoms with Gasteiger partial charge in [0.15, 0.2) is 0 Å². The van der Waals surface area contributed by atoms with Gasteiger partial charge >= 0.3 is 6.18 Å². The second-order valence-electron chi connectivity index (χ2n) is 7.10. The lowest BCUT2D eigenvalue weighted by Crippen LogP contribution is -2.50. The fourth-order valence-electron chi connectivity index (χ4n) is 3.21. The number of nitrogens with zero attached hydrogens (tertiary/aromatic N) is 5. The SMILES string of the molecule is O=C(CCCc1ncccn1)CS(=O)(=O)N1CCN(c2ccc(C(F)(F)F)cn2)CC1. The van der Waals surface area contributed by atoms with Crippen LogP contribution in [0.15, 0.2) is 36.8 Å². The topological polar surface area (TPSA) is 96.4 Å². The van der Waals surface area contributed by atoms with Gasteiger partial charge in [0.1, 0.15) is 23.2 Å². The van der Waals surface area contributed by atoms with Crippen molar-refractivity contribution < 1.29 is 26.4 Å². The highest BCUT2D eigenvalue weighted by atomic mass is 32.2. The molecule has 1 aliphatic rings. The summed E-state index contributed by atoms with van der Waals surface area (Å²) in [5.41, 5.74) is -0.838. The van der Waals surface area contributed by atoms with Gasteiger partial charge in [-0.25, -0.2) is 23.4 Å². The van der Waals surface area contributed by atoms with E-state index < -0.39 is 27.5 Å². The predicted molar refractivity (Wildman–Crippen MR) is 107 cm³/mol. The maximum absolute atomic E-state index is 12.7. The van der Waals surface area contributed by atoms with E-state index in [1.807, 2.05) is 0 Å². The summed E-state index contributed by atoms with van der Waals surface area (Å²) in [7, 11) is -3.75. The third-order valence-electron chi connectivity index (χ3n) is 4.85. The molecule has 0 bridgehead atoms. The molecule has 0 saturated carbocycles. The van der Waals surface area contributed by atoms with Gasteiger partial charge in [0.25, 0.3) is 0 Å². The van der Waals surface area contributed by atoms with Crippen molar-refractivity contribution in [3.63, 3.8) is 0 Å². The lowest BCUT2D eigenvalue weighted by molar-refractivity contribution is -0.137. The number of halogens is 3. The van der Waals surface area contributed by atoms with Crippen LogP contribution >= 0.6 is 0 Å². The Bertz CT molecular complexity index is 977. The summed E-state index contributed by atoms with van der Waals surface area (Å²) in [5.74, 6) is 0.0134. The molecule has 2 aromatic rings. The summed E-state index contributed by atoms with van der Waals surface area (Å²) >= 11 is 0. The van der Waals surface area contributed by atoms with E-state index in [1.165, 1.54) is 10.4 Å². The molecule has 2 aromatic heterocycles. The van der Waals surface area contributed by atoms with Gasteiger partial charge in [-0.3, -0.25) is 4.79 Å². The predicted octanol–water partition coefficient (Wildman–Crippen LogP) is 1.93. The standard InChI is InChI=1S/C19H22F3N5O3S/c20-19(21,22)15-5-6-18(25-13-15)26-9-11-27(12-10-26)31(29,30)14-16(28)3-1-4-17-23-7-2-8-24-17/h2,5-8,13H,1,3-4,9-12,14H2. The van der Waals surface area contributed by atoms with Crippen LogP contribution in [-0.2, 0) is 27.4 Å². The Hall–Kier alpha value is -2.60. The maximum atomic E-state index is 12.7. The number of alkyl halides is 3. The molecule has 0 aromatic carbocycles. The van der Waals surface area contributed by atoms with E-state index >= 15 is 0 Å². The molecular weight excluding hydrogens is 435 g/mol. The monoisotopic (exact) mass is 457 g/mol. The number of Topliss-reactive ketones (excluding diaryl/α,β-unsaturated/α-hetero) is 1. The van der Waals surface area contributed by atoms with Crippen LogP contribution in [0.5, 0.6) is 0 Å². The lowest BCUT2D eigenvalue weighted by atomic mass is 10.2. The van der Waals surface area contributed by atoms with Gasteiger partial charge in [0.2, 0.25) is 10.0 Å². The van der Waals surface area contributed by atoms with Gasteiger partial charge in [-0.2, -0.15) is 17.5 Å². The third kappa shape index (κ3) is 6.44. The summed E-state index contributed by atoms with van der Waals surface area (Å²) < 4.78 is 64.3. The number of rotatable bonds is 8. The van der Waals surface area contributed by atoms with Gasteiger partial charge in [0.05, 0.1) is 5.56 Å². The Kier molecular flexibility index (Phi) is 7.21. The number of carbonyl (C=O) groups is 1. The number of hydrogen-bond donors (Lipinski definition) is 0. The number of hydrogen-bond acceptors (Lipinski definition) is 7. The average molecular weight is 457 g/mol. The quantitative estimate of drug-likeness (QED) is 0.598. The Balaban J connectivity index is 1.47. The fraction of sp³-hybridized carbons (Fsp3) is 0.474. The summed E-state index contributed by atoms with van der Waals surface area (Å²) in [6.45, 7) is 0.820. The molecule has 31 heavy (non-hydrogen) atoms. The Morgan fingerprint density at radius 3 is 2.29 bits per heavy atom. The number of ketones is 1. The van der Waals surface area contributed by atoms with Crippen molar-refractivity contribution in [3.8, 4) is 0 Å². The van der Waals surface area contributed by atoms with Gasteiger partial charge in [0, 0.05) is 57.6 Å². The first-order valence-corrected chi connectivity index (χ1v) is 11.3. The molecule has 3 rings (SSSR count). The van der Waals surface area contributed by atoms with E-state index in [0.717, 1.165) is 12.3 Å². The molecular formula is C19H22F3N5O3S. The molecule has 1 fully saturated rings. The van der Waals surface area contributed by atoms with Gasteiger partial charge in [-0.05, 0) is 24.6 Å². The van der Waals surface area contributed by atoms with Crippen molar-refractivity contribution in [2.75, 3.05) is 36.8 Å². The molecule has 12 heteroatoms. The second kappa shape index (κ2) is 9.69. The molecule has 1 saturated heterocycles. The van der Waals surface area contributed by atoms with Crippen molar-refractivity contribution in [3.05, 3.63) is 48.2 Å².